The number of hydrogen-bond donors (Lipinski definition) is 1. The van der Waals surface area contributed by atoms with Crippen LogP contribution in [-0.2, 0) is 0 Å². The molecular weight excluding hydrogens is 148 g/mol. The standard InChI is InChI=1S/C10H22N2/c1-9(11)5-4-8-12(2)10-6-3-7-10/h9-10H,3-8,11H2,1-2H3. The van der Waals surface area contributed by atoms with Crippen LogP contribution in [0.15, 0.2) is 0 Å². The third-order valence-corrected chi connectivity index (χ3v) is 2.87. The van der Waals surface area contributed by atoms with Crippen molar-refractivity contribution in [3.05, 3.63) is 0 Å². The number of nitrogens with zero attached hydrogens (tertiary/aromatic N) is 1. The Morgan fingerprint density at radius 3 is 2.58 bits per heavy atom. The highest BCUT2D eigenvalue weighted by molar-refractivity contribution is 4.77. The molecule has 0 radical (unpaired) electrons. The minimum atomic E-state index is 0.375. The van der Waals surface area contributed by atoms with Crippen molar-refractivity contribution in [2.75, 3.05) is 13.6 Å². The van der Waals surface area contributed by atoms with Gasteiger partial charge in [-0.3, -0.25) is 0 Å². The molecule has 0 amide bonds. The molecule has 2 nitrogen and oxygen atoms in total. The predicted octanol–water partition coefficient (Wildman–Crippen LogP) is 1.60. The lowest BCUT2D eigenvalue weighted by Gasteiger charge is -2.34. The van der Waals surface area contributed by atoms with Gasteiger partial charge in [0.15, 0.2) is 0 Å². The smallest absolute Gasteiger partial charge is 0.00922 e. The summed E-state index contributed by atoms with van der Waals surface area (Å²) in [5.41, 5.74) is 5.68. The van der Waals surface area contributed by atoms with Gasteiger partial charge in [-0.05, 0) is 46.2 Å². The van der Waals surface area contributed by atoms with Gasteiger partial charge in [0.25, 0.3) is 0 Å². The Balaban J connectivity index is 1.98. The van der Waals surface area contributed by atoms with Crippen molar-refractivity contribution < 1.29 is 0 Å². The van der Waals surface area contributed by atoms with Crippen LogP contribution in [-0.4, -0.2) is 30.6 Å². The molecule has 1 saturated carbocycles. The van der Waals surface area contributed by atoms with Crippen molar-refractivity contribution in [2.24, 2.45) is 5.73 Å². The highest BCUT2D eigenvalue weighted by Crippen LogP contribution is 2.23. The second-order valence-electron chi connectivity index (χ2n) is 4.18. The van der Waals surface area contributed by atoms with E-state index in [1.807, 2.05) is 0 Å². The van der Waals surface area contributed by atoms with Gasteiger partial charge in [-0.15, -0.1) is 0 Å². The average molecular weight is 170 g/mol. The first-order chi connectivity index (χ1) is 5.70. The molecule has 0 saturated heterocycles. The molecular formula is C10H22N2. The van der Waals surface area contributed by atoms with Gasteiger partial charge in [0.1, 0.15) is 0 Å². The van der Waals surface area contributed by atoms with Gasteiger partial charge in [0, 0.05) is 12.1 Å². The molecule has 0 bridgehead atoms. The van der Waals surface area contributed by atoms with E-state index in [1.165, 1.54) is 32.2 Å². The third-order valence-electron chi connectivity index (χ3n) is 2.87. The van der Waals surface area contributed by atoms with E-state index in [1.54, 1.807) is 0 Å². The van der Waals surface area contributed by atoms with E-state index in [9.17, 15) is 0 Å². The summed E-state index contributed by atoms with van der Waals surface area (Å²) in [5, 5.41) is 0. The van der Waals surface area contributed by atoms with Crippen molar-refractivity contribution in [2.45, 2.75) is 51.1 Å². The zero-order valence-corrected chi connectivity index (χ0v) is 8.42. The molecule has 72 valence electrons. The van der Waals surface area contributed by atoms with Gasteiger partial charge in [-0.1, -0.05) is 6.42 Å². The lowest BCUT2D eigenvalue weighted by molar-refractivity contribution is 0.156. The van der Waals surface area contributed by atoms with Crippen LogP contribution < -0.4 is 5.73 Å². The summed E-state index contributed by atoms with van der Waals surface area (Å²) < 4.78 is 0. The van der Waals surface area contributed by atoms with Crippen molar-refractivity contribution in [1.82, 2.24) is 4.90 Å². The molecule has 2 heteroatoms. The highest BCUT2D eigenvalue weighted by atomic mass is 15.1. The van der Waals surface area contributed by atoms with Crippen molar-refractivity contribution in [3.63, 3.8) is 0 Å². The van der Waals surface area contributed by atoms with Crippen LogP contribution in [0.1, 0.15) is 39.0 Å². The monoisotopic (exact) mass is 170 g/mol. The van der Waals surface area contributed by atoms with E-state index in [0.29, 0.717) is 6.04 Å². The number of hydrogen-bond acceptors (Lipinski definition) is 2. The van der Waals surface area contributed by atoms with Gasteiger partial charge < -0.3 is 10.6 Å². The summed E-state index contributed by atoms with van der Waals surface area (Å²) in [7, 11) is 2.24. The Labute approximate surface area is 76.1 Å². The molecule has 1 aliphatic rings. The zero-order chi connectivity index (χ0) is 8.97. The van der Waals surface area contributed by atoms with Crippen molar-refractivity contribution in [3.8, 4) is 0 Å². The summed E-state index contributed by atoms with van der Waals surface area (Å²) in [6.45, 7) is 3.32. The first-order valence-corrected chi connectivity index (χ1v) is 5.16. The van der Waals surface area contributed by atoms with Gasteiger partial charge in [-0.2, -0.15) is 0 Å². The zero-order valence-electron chi connectivity index (χ0n) is 8.42. The Hall–Kier alpha value is -0.0800. The lowest BCUT2D eigenvalue weighted by atomic mass is 9.92. The lowest BCUT2D eigenvalue weighted by Crippen LogP contribution is -2.37. The molecule has 2 N–H and O–H groups in total. The first-order valence-electron chi connectivity index (χ1n) is 5.16. The molecule has 12 heavy (non-hydrogen) atoms. The summed E-state index contributed by atoms with van der Waals surface area (Å²) in [6, 6.07) is 1.26. The third kappa shape index (κ3) is 3.11. The van der Waals surface area contributed by atoms with E-state index in [4.69, 9.17) is 5.73 Å². The van der Waals surface area contributed by atoms with E-state index in [-0.39, 0.29) is 0 Å². The molecule has 1 fully saturated rings. The molecule has 1 aliphatic carbocycles. The van der Waals surface area contributed by atoms with E-state index in [0.717, 1.165) is 12.5 Å². The van der Waals surface area contributed by atoms with Crippen LogP contribution in [0.2, 0.25) is 0 Å². The fraction of sp³-hybridized carbons (Fsp3) is 1.00. The SMILES string of the molecule is CC(N)CCCN(C)C1CCC1. The minimum Gasteiger partial charge on any atom is -0.328 e. The summed E-state index contributed by atoms with van der Waals surface area (Å²) >= 11 is 0. The maximum atomic E-state index is 5.68. The number of nitrogens with two attached hydrogens (primary N) is 1. The summed E-state index contributed by atoms with van der Waals surface area (Å²) in [6.07, 6.45) is 6.67. The molecule has 1 unspecified atom stereocenters. The quantitative estimate of drug-likeness (QED) is 0.679. The minimum absolute atomic E-state index is 0.375. The van der Waals surface area contributed by atoms with E-state index in [2.05, 4.69) is 18.9 Å². The van der Waals surface area contributed by atoms with Gasteiger partial charge >= 0.3 is 0 Å². The first kappa shape index (κ1) is 10.0. The molecule has 1 atom stereocenters. The number of rotatable bonds is 5. The molecule has 0 aromatic carbocycles. The van der Waals surface area contributed by atoms with Crippen LogP contribution >= 0.6 is 0 Å². The Bertz CT molecular complexity index is 119. The van der Waals surface area contributed by atoms with Crippen LogP contribution in [0, 0.1) is 0 Å². The highest BCUT2D eigenvalue weighted by Gasteiger charge is 2.20. The fourth-order valence-electron chi connectivity index (χ4n) is 1.67. The molecule has 0 spiro atoms. The average Bonchev–Trinajstić information content (AvgIpc) is 1.81. The van der Waals surface area contributed by atoms with Gasteiger partial charge in [0.05, 0.1) is 0 Å². The van der Waals surface area contributed by atoms with Gasteiger partial charge in [0.2, 0.25) is 0 Å². The predicted molar refractivity (Wildman–Crippen MR) is 53.2 cm³/mol. The van der Waals surface area contributed by atoms with Crippen molar-refractivity contribution in [1.29, 1.82) is 0 Å². The second-order valence-corrected chi connectivity index (χ2v) is 4.18. The van der Waals surface area contributed by atoms with Crippen LogP contribution in [0.25, 0.3) is 0 Å². The van der Waals surface area contributed by atoms with E-state index >= 15 is 0 Å². The van der Waals surface area contributed by atoms with Crippen LogP contribution in [0.3, 0.4) is 0 Å². The Kier molecular flexibility index (Phi) is 4.02. The maximum absolute atomic E-state index is 5.68. The molecule has 0 aromatic rings. The maximum Gasteiger partial charge on any atom is 0.00922 e. The summed E-state index contributed by atoms with van der Waals surface area (Å²) in [4.78, 5) is 2.49. The van der Waals surface area contributed by atoms with Gasteiger partial charge in [-0.25, -0.2) is 0 Å². The topological polar surface area (TPSA) is 29.3 Å². The molecule has 0 aliphatic heterocycles. The molecule has 1 rings (SSSR count). The fourth-order valence-corrected chi connectivity index (χ4v) is 1.67. The largest absolute Gasteiger partial charge is 0.328 e. The Morgan fingerprint density at radius 1 is 1.50 bits per heavy atom. The second kappa shape index (κ2) is 4.83. The molecule has 0 heterocycles. The normalized spacial score (nSPS) is 21.0. The van der Waals surface area contributed by atoms with E-state index < -0.39 is 0 Å². The van der Waals surface area contributed by atoms with Crippen LogP contribution in [0.5, 0.6) is 0 Å². The van der Waals surface area contributed by atoms with Crippen LogP contribution in [0.4, 0.5) is 0 Å². The summed E-state index contributed by atoms with van der Waals surface area (Å²) in [5.74, 6) is 0. The van der Waals surface area contributed by atoms with Crippen molar-refractivity contribution >= 4 is 0 Å². The molecule has 0 aromatic heterocycles. The Morgan fingerprint density at radius 2 is 2.17 bits per heavy atom.